The van der Waals surface area contributed by atoms with Crippen LogP contribution in [0.1, 0.15) is 50.2 Å². The number of rotatable bonds is 7. The maximum atomic E-state index is 14.2. The Morgan fingerprint density at radius 1 is 0.973 bits per heavy atom. The highest BCUT2D eigenvalue weighted by atomic mass is 19.1. The lowest BCUT2D eigenvalue weighted by molar-refractivity contribution is -0.152. The molecule has 1 aliphatic carbocycles. The van der Waals surface area contributed by atoms with Crippen molar-refractivity contribution in [1.29, 1.82) is 0 Å². The van der Waals surface area contributed by atoms with E-state index < -0.39 is 41.3 Å². The molecule has 7 nitrogen and oxygen atoms in total. The first kappa shape index (κ1) is 26.1. The van der Waals surface area contributed by atoms with Crippen LogP contribution < -0.4 is 10.1 Å². The Balaban J connectivity index is 1.87. The van der Waals surface area contributed by atoms with Crippen molar-refractivity contribution in [3.63, 3.8) is 0 Å². The molecule has 0 bridgehead atoms. The lowest BCUT2D eigenvalue weighted by Crippen LogP contribution is -2.43. The largest absolute Gasteiger partial charge is 0.497 e. The highest BCUT2D eigenvalue weighted by Crippen LogP contribution is 2.48. The van der Waals surface area contributed by atoms with Gasteiger partial charge in [-0.2, -0.15) is 0 Å². The normalized spacial score (nSPS) is 21.2. The third-order valence-corrected chi connectivity index (χ3v) is 6.80. The van der Waals surface area contributed by atoms with Crippen molar-refractivity contribution in [2.75, 3.05) is 20.3 Å². The van der Waals surface area contributed by atoms with Crippen molar-refractivity contribution >= 4 is 17.7 Å². The molecule has 1 heterocycles. The molecule has 2 aliphatic rings. The first-order valence-electron chi connectivity index (χ1n) is 12.3. The van der Waals surface area contributed by atoms with Gasteiger partial charge < -0.3 is 19.5 Å². The first-order chi connectivity index (χ1) is 17.8. The van der Waals surface area contributed by atoms with Crippen molar-refractivity contribution in [1.82, 2.24) is 5.32 Å². The summed E-state index contributed by atoms with van der Waals surface area (Å²) >= 11 is 0. The summed E-state index contributed by atoms with van der Waals surface area (Å²) in [7, 11) is 1.56. The van der Waals surface area contributed by atoms with Gasteiger partial charge in [-0.1, -0.05) is 24.3 Å². The Morgan fingerprint density at radius 3 is 2.19 bits per heavy atom. The van der Waals surface area contributed by atoms with E-state index in [4.69, 9.17) is 14.2 Å². The molecule has 0 radical (unpaired) electrons. The van der Waals surface area contributed by atoms with E-state index in [-0.39, 0.29) is 18.8 Å². The van der Waals surface area contributed by atoms with E-state index in [1.165, 1.54) is 12.1 Å². The Kier molecular flexibility index (Phi) is 7.76. The summed E-state index contributed by atoms with van der Waals surface area (Å²) in [4.78, 5) is 40.5. The molecule has 1 aliphatic heterocycles. The van der Waals surface area contributed by atoms with Crippen LogP contribution in [0.2, 0.25) is 0 Å². The van der Waals surface area contributed by atoms with Crippen molar-refractivity contribution in [2.24, 2.45) is 5.92 Å². The molecule has 0 aromatic heterocycles. The fourth-order valence-corrected chi connectivity index (χ4v) is 5.17. The van der Waals surface area contributed by atoms with Gasteiger partial charge in [0.05, 0.1) is 25.9 Å². The average Bonchev–Trinajstić information content (AvgIpc) is 2.88. The zero-order valence-corrected chi connectivity index (χ0v) is 21.3. The summed E-state index contributed by atoms with van der Waals surface area (Å²) in [6.45, 7) is 5.40. The fraction of sp³-hybridized carbons (Fsp3) is 0.345. The second kappa shape index (κ2) is 11.0. The molecule has 2 aromatic rings. The van der Waals surface area contributed by atoms with Crippen LogP contribution in [0, 0.1) is 11.7 Å². The Labute approximate surface area is 215 Å². The summed E-state index contributed by atoms with van der Waals surface area (Å²) in [6.07, 6.45) is 0.335. The Morgan fingerprint density at radius 2 is 1.59 bits per heavy atom. The minimum absolute atomic E-state index is 0.122. The smallest absolute Gasteiger partial charge is 0.336 e. The number of benzene rings is 2. The lowest BCUT2D eigenvalue weighted by atomic mass is 9.67. The molecule has 0 amide bonds. The summed E-state index contributed by atoms with van der Waals surface area (Å²) in [5, 5.41) is 3.25. The molecule has 3 atom stereocenters. The quantitative estimate of drug-likeness (QED) is 0.434. The van der Waals surface area contributed by atoms with E-state index in [1.807, 2.05) is 12.1 Å². The van der Waals surface area contributed by atoms with Gasteiger partial charge in [-0.25, -0.2) is 9.18 Å². The number of Topliss-reactive ketones (excluding diaryl/α,β-unsaturated/α-hetero) is 1. The molecule has 37 heavy (non-hydrogen) atoms. The van der Waals surface area contributed by atoms with Crippen LogP contribution in [0.3, 0.4) is 0 Å². The zero-order chi connectivity index (χ0) is 26.7. The van der Waals surface area contributed by atoms with E-state index in [0.717, 1.165) is 5.56 Å². The lowest BCUT2D eigenvalue weighted by Gasteiger charge is -2.39. The van der Waals surface area contributed by atoms with Crippen molar-refractivity contribution < 1.29 is 33.0 Å². The number of hydrogen-bond acceptors (Lipinski definition) is 7. The van der Waals surface area contributed by atoms with Crippen molar-refractivity contribution in [3.8, 4) is 5.75 Å². The van der Waals surface area contributed by atoms with Gasteiger partial charge in [0.15, 0.2) is 5.78 Å². The van der Waals surface area contributed by atoms with Crippen molar-refractivity contribution in [3.05, 3.63) is 88.0 Å². The number of esters is 2. The second-order valence-corrected chi connectivity index (χ2v) is 8.94. The predicted octanol–water partition coefficient (Wildman–Crippen LogP) is 4.55. The molecule has 0 unspecified atom stereocenters. The number of carbonyl (C=O) groups is 3. The van der Waals surface area contributed by atoms with E-state index in [1.54, 1.807) is 52.1 Å². The van der Waals surface area contributed by atoms with Gasteiger partial charge in [0.1, 0.15) is 17.5 Å². The molecule has 0 saturated heterocycles. The molecular formula is C29H30FNO6. The Bertz CT molecular complexity index is 1260. The highest BCUT2D eigenvalue weighted by Gasteiger charge is 2.49. The van der Waals surface area contributed by atoms with Gasteiger partial charge in [0.25, 0.3) is 0 Å². The maximum Gasteiger partial charge on any atom is 0.336 e. The summed E-state index contributed by atoms with van der Waals surface area (Å²) < 4.78 is 29.7. The topological polar surface area (TPSA) is 90.9 Å². The average molecular weight is 508 g/mol. The molecule has 0 fully saturated rings. The second-order valence-electron chi connectivity index (χ2n) is 8.94. The summed E-state index contributed by atoms with van der Waals surface area (Å²) in [5.41, 5.74) is 3.05. The van der Waals surface area contributed by atoms with Gasteiger partial charge in [-0.15, -0.1) is 0 Å². The summed E-state index contributed by atoms with van der Waals surface area (Å²) in [5.74, 6) is -3.84. The standard InChI is InChI=1S/C29H30FNO6/c1-5-36-28(33)23-16(3)31-22-15-21(17-9-13-20(35-4)14-10-17)25(29(34)37-6-2)27(32)26(22)24(23)18-7-11-19(30)12-8-18/h7-14,21,24-25,31H,5-6,15H2,1-4H3/t21-,24-,25-/m1/s1. The van der Waals surface area contributed by atoms with Crippen LogP contribution >= 0.6 is 0 Å². The van der Waals surface area contributed by atoms with Crippen LogP contribution in [0.25, 0.3) is 0 Å². The number of carbonyl (C=O) groups excluding carboxylic acids is 3. The molecule has 8 heteroatoms. The number of dihydropyridines is 1. The molecule has 2 aromatic carbocycles. The van der Waals surface area contributed by atoms with Crippen LogP contribution in [0.4, 0.5) is 4.39 Å². The van der Waals surface area contributed by atoms with Crippen molar-refractivity contribution in [2.45, 2.75) is 39.0 Å². The SMILES string of the molecule is CCOC(=O)C1=C(C)NC2=C(C(=O)[C@H](C(=O)OCC)[C@@H](c3ccc(OC)cc3)C2)[C@@H]1c1ccc(F)cc1. The number of allylic oxidation sites excluding steroid dienone is 3. The number of methoxy groups -OCH3 is 1. The van der Waals surface area contributed by atoms with Crippen LogP contribution in [-0.2, 0) is 23.9 Å². The van der Waals surface area contributed by atoms with E-state index in [2.05, 4.69) is 5.32 Å². The minimum Gasteiger partial charge on any atom is -0.497 e. The third kappa shape index (κ3) is 5.01. The molecular weight excluding hydrogens is 477 g/mol. The maximum absolute atomic E-state index is 14.2. The van der Waals surface area contributed by atoms with Crippen LogP contribution in [0.15, 0.2) is 71.1 Å². The first-order valence-corrected chi connectivity index (χ1v) is 12.3. The van der Waals surface area contributed by atoms with Crippen LogP contribution in [0.5, 0.6) is 5.75 Å². The highest BCUT2D eigenvalue weighted by molar-refractivity contribution is 6.13. The molecule has 4 rings (SSSR count). The third-order valence-electron chi connectivity index (χ3n) is 6.80. The van der Waals surface area contributed by atoms with Crippen LogP contribution in [-0.4, -0.2) is 38.0 Å². The monoisotopic (exact) mass is 507 g/mol. The molecule has 0 spiro atoms. The molecule has 0 saturated carbocycles. The van der Waals surface area contributed by atoms with Gasteiger partial charge >= 0.3 is 11.9 Å². The Hall–Kier alpha value is -3.94. The van der Waals surface area contributed by atoms with E-state index >= 15 is 0 Å². The van der Waals surface area contributed by atoms with E-state index in [0.29, 0.717) is 34.7 Å². The van der Waals surface area contributed by atoms with Gasteiger partial charge in [0, 0.05) is 28.8 Å². The predicted molar refractivity (Wildman–Crippen MR) is 134 cm³/mol. The molecule has 1 N–H and O–H groups in total. The number of ketones is 1. The number of ether oxygens (including phenoxy) is 3. The number of nitrogens with one attached hydrogen (secondary N) is 1. The van der Waals surface area contributed by atoms with Gasteiger partial charge in [-0.3, -0.25) is 9.59 Å². The van der Waals surface area contributed by atoms with E-state index in [9.17, 15) is 18.8 Å². The van der Waals surface area contributed by atoms with Gasteiger partial charge in [0.2, 0.25) is 0 Å². The fourth-order valence-electron chi connectivity index (χ4n) is 5.17. The minimum atomic E-state index is -1.11. The summed E-state index contributed by atoms with van der Waals surface area (Å²) in [6, 6.07) is 12.9. The number of halogens is 1. The molecule has 194 valence electrons. The number of hydrogen-bond donors (Lipinski definition) is 1. The van der Waals surface area contributed by atoms with Gasteiger partial charge in [-0.05, 0) is 62.6 Å². The zero-order valence-electron chi connectivity index (χ0n) is 21.3.